The fourth-order valence-corrected chi connectivity index (χ4v) is 2.66. The lowest BCUT2D eigenvalue weighted by molar-refractivity contribution is 0.0746. The van der Waals surface area contributed by atoms with Gasteiger partial charge in [-0.15, -0.1) is 0 Å². The first kappa shape index (κ1) is 14.4. The molecule has 6 heteroatoms. The van der Waals surface area contributed by atoms with Crippen LogP contribution in [0.1, 0.15) is 15.9 Å². The lowest BCUT2D eigenvalue weighted by Gasteiger charge is -2.35. The molecule has 0 spiro atoms. The molecule has 1 N–H and O–H groups in total. The molecule has 22 heavy (non-hydrogen) atoms. The zero-order chi connectivity index (χ0) is 15.5. The maximum Gasteiger partial charge on any atom is 0.255 e. The van der Waals surface area contributed by atoms with E-state index in [9.17, 15) is 4.79 Å². The van der Waals surface area contributed by atoms with Crippen LogP contribution in [0.3, 0.4) is 0 Å². The molecule has 1 saturated heterocycles. The number of nitrogens with one attached hydrogen (secondary N) is 1. The van der Waals surface area contributed by atoms with Crippen LogP contribution in [0, 0.1) is 6.92 Å². The van der Waals surface area contributed by atoms with Crippen LogP contribution in [0.25, 0.3) is 0 Å². The third-order valence-corrected chi connectivity index (χ3v) is 4.03. The summed E-state index contributed by atoms with van der Waals surface area (Å²) in [4.78, 5) is 23.9. The number of anilines is 1. The summed E-state index contributed by atoms with van der Waals surface area (Å²) in [5.74, 6) is 1.77. The van der Waals surface area contributed by atoms with Crippen molar-refractivity contribution in [2.24, 2.45) is 0 Å². The normalized spacial score (nSPS) is 15.0. The van der Waals surface area contributed by atoms with Gasteiger partial charge in [-0.2, -0.15) is 0 Å². The van der Waals surface area contributed by atoms with Crippen LogP contribution in [0.5, 0.6) is 5.75 Å². The van der Waals surface area contributed by atoms with Crippen LogP contribution >= 0.6 is 0 Å². The number of ether oxygens (including phenoxy) is 1. The van der Waals surface area contributed by atoms with Crippen molar-refractivity contribution in [2.45, 2.75) is 6.92 Å². The van der Waals surface area contributed by atoms with Crippen molar-refractivity contribution >= 4 is 11.7 Å². The highest BCUT2D eigenvalue weighted by atomic mass is 16.5. The molecule has 0 unspecified atom stereocenters. The van der Waals surface area contributed by atoms with Crippen molar-refractivity contribution in [1.29, 1.82) is 0 Å². The minimum atomic E-state index is 0.0982. The first-order valence-electron chi connectivity index (χ1n) is 7.36. The molecule has 6 nitrogen and oxygen atoms in total. The van der Waals surface area contributed by atoms with Crippen LogP contribution in [-0.4, -0.2) is 54.1 Å². The number of hydrogen-bond acceptors (Lipinski definition) is 4. The molecule has 0 bridgehead atoms. The summed E-state index contributed by atoms with van der Waals surface area (Å²) < 4.78 is 5.12. The predicted molar refractivity (Wildman–Crippen MR) is 84.4 cm³/mol. The van der Waals surface area contributed by atoms with E-state index in [0.717, 1.165) is 35.8 Å². The second-order valence-electron chi connectivity index (χ2n) is 5.39. The van der Waals surface area contributed by atoms with Gasteiger partial charge in [-0.25, -0.2) is 4.98 Å². The maximum atomic E-state index is 12.5. The van der Waals surface area contributed by atoms with Crippen LogP contribution in [0.15, 0.2) is 30.7 Å². The van der Waals surface area contributed by atoms with E-state index in [1.54, 1.807) is 19.5 Å². The minimum absolute atomic E-state index is 0.0982. The van der Waals surface area contributed by atoms with Crippen LogP contribution < -0.4 is 9.64 Å². The molecule has 3 heterocycles. The Bertz CT molecular complexity index is 642. The number of amides is 1. The smallest absolute Gasteiger partial charge is 0.255 e. The topological polar surface area (TPSA) is 61.5 Å². The van der Waals surface area contributed by atoms with Crippen molar-refractivity contribution in [3.63, 3.8) is 0 Å². The highest BCUT2D eigenvalue weighted by Crippen LogP contribution is 2.18. The number of aromatic nitrogens is 2. The molecule has 116 valence electrons. The Morgan fingerprint density at radius 3 is 2.55 bits per heavy atom. The van der Waals surface area contributed by atoms with Gasteiger partial charge in [-0.05, 0) is 24.6 Å². The molecule has 2 aromatic heterocycles. The summed E-state index contributed by atoms with van der Waals surface area (Å²) >= 11 is 0. The van der Waals surface area contributed by atoms with Crippen molar-refractivity contribution < 1.29 is 9.53 Å². The Hall–Kier alpha value is -2.50. The van der Waals surface area contributed by atoms with Gasteiger partial charge in [0.25, 0.3) is 5.91 Å². The molecule has 2 aromatic rings. The van der Waals surface area contributed by atoms with Gasteiger partial charge < -0.3 is 19.5 Å². The quantitative estimate of drug-likeness (QED) is 0.937. The third-order valence-electron chi connectivity index (χ3n) is 4.03. The van der Waals surface area contributed by atoms with Gasteiger partial charge in [0.05, 0.1) is 18.9 Å². The molecule has 1 aliphatic rings. The first-order valence-corrected chi connectivity index (χ1v) is 7.36. The van der Waals surface area contributed by atoms with Gasteiger partial charge >= 0.3 is 0 Å². The van der Waals surface area contributed by atoms with Gasteiger partial charge in [0.2, 0.25) is 0 Å². The lowest BCUT2D eigenvalue weighted by atomic mass is 10.2. The average molecular weight is 300 g/mol. The molecular weight excluding hydrogens is 280 g/mol. The molecule has 1 amide bonds. The van der Waals surface area contributed by atoms with Gasteiger partial charge in [0, 0.05) is 38.6 Å². The lowest BCUT2D eigenvalue weighted by Crippen LogP contribution is -2.49. The van der Waals surface area contributed by atoms with Crippen LogP contribution in [0.2, 0.25) is 0 Å². The second-order valence-corrected chi connectivity index (χ2v) is 5.39. The Morgan fingerprint density at radius 2 is 2.00 bits per heavy atom. The number of hydrogen-bond donors (Lipinski definition) is 1. The van der Waals surface area contributed by atoms with Crippen molar-refractivity contribution in [1.82, 2.24) is 14.9 Å². The predicted octanol–water partition coefficient (Wildman–Crippen LogP) is 1.69. The standard InChI is InChI=1S/C16H20N4O2/c1-12-9-17-11-14(12)16(21)20-7-5-19(6-8-20)15-4-3-13(22-2)10-18-15/h3-4,9-11,17H,5-8H2,1-2H3. The van der Waals surface area contributed by atoms with Crippen molar-refractivity contribution in [3.8, 4) is 5.75 Å². The summed E-state index contributed by atoms with van der Waals surface area (Å²) in [5, 5.41) is 0. The Morgan fingerprint density at radius 1 is 1.23 bits per heavy atom. The molecule has 1 aliphatic heterocycles. The van der Waals surface area contributed by atoms with Crippen molar-refractivity contribution in [2.75, 3.05) is 38.2 Å². The Balaban J connectivity index is 1.62. The van der Waals surface area contributed by atoms with Gasteiger partial charge in [0.1, 0.15) is 11.6 Å². The van der Waals surface area contributed by atoms with Gasteiger partial charge in [-0.1, -0.05) is 0 Å². The maximum absolute atomic E-state index is 12.5. The second kappa shape index (κ2) is 6.09. The molecule has 1 fully saturated rings. The van der Waals surface area contributed by atoms with E-state index in [1.807, 2.05) is 30.2 Å². The number of pyridine rings is 1. The number of H-pyrrole nitrogens is 1. The number of nitrogens with zero attached hydrogens (tertiary/aromatic N) is 3. The molecule has 0 aliphatic carbocycles. The Kier molecular flexibility index (Phi) is 4.00. The minimum Gasteiger partial charge on any atom is -0.495 e. The van der Waals surface area contributed by atoms with Crippen LogP contribution in [0.4, 0.5) is 5.82 Å². The van der Waals surface area contributed by atoms with E-state index >= 15 is 0 Å². The number of aromatic amines is 1. The van der Waals surface area contributed by atoms with Crippen LogP contribution in [-0.2, 0) is 0 Å². The van der Waals surface area contributed by atoms with E-state index in [2.05, 4.69) is 14.9 Å². The fourth-order valence-electron chi connectivity index (χ4n) is 2.66. The van der Waals surface area contributed by atoms with E-state index in [4.69, 9.17) is 4.74 Å². The monoisotopic (exact) mass is 300 g/mol. The summed E-state index contributed by atoms with van der Waals surface area (Å²) in [7, 11) is 1.63. The van der Waals surface area contributed by atoms with Gasteiger partial charge in [-0.3, -0.25) is 4.79 Å². The largest absolute Gasteiger partial charge is 0.495 e. The number of carbonyl (C=O) groups excluding carboxylic acids is 1. The SMILES string of the molecule is COc1ccc(N2CCN(C(=O)c3c[nH]cc3C)CC2)nc1. The highest BCUT2D eigenvalue weighted by Gasteiger charge is 2.24. The zero-order valence-corrected chi connectivity index (χ0v) is 12.9. The Labute approximate surface area is 129 Å². The number of piperazine rings is 1. The van der Waals surface area contributed by atoms with E-state index in [1.165, 1.54) is 0 Å². The first-order chi connectivity index (χ1) is 10.7. The van der Waals surface area contributed by atoms with Gasteiger partial charge in [0.15, 0.2) is 0 Å². The summed E-state index contributed by atoms with van der Waals surface area (Å²) in [5.41, 5.74) is 1.75. The van der Waals surface area contributed by atoms with E-state index < -0.39 is 0 Å². The summed E-state index contributed by atoms with van der Waals surface area (Å²) in [6.07, 6.45) is 5.34. The van der Waals surface area contributed by atoms with E-state index in [-0.39, 0.29) is 5.91 Å². The average Bonchev–Trinajstić information content (AvgIpc) is 3.00. The van der Waals surface area contributed by atoms with E-state index in [0.29, 0.717) is 13.1 Å². The molecule has 0 radical (unpaired) electrons. The number of rotatable bonds is 3. The number of carbonyl (C=O) groups is 1. The highest BCUT2D eigenvalue weighted by molar-refractivity contribution is 5.95. The molecule has 0 saturated carbocycles. The molecule has 3 rings (SSSR count). The number of aryl methyl sites for hydroxylation is 1. The molecule has 0 atom stereocenters. The molecule has 0 aromatic carbocycles. The summed E-state index contributed by atoms with van der Waals surface area (Å²) in [6, 6.07) is 3.86. The fraction of sp³-hybridized carbons (Fsp3) is 0.375. The number of methoxy groups -OCH3 is 1. The van der Waals surface area contributed by atoms with Crippen molar-refractivity contribution in [3.05, 3.63) is 41.9 Å². The zero-order valence-electron chi connectivity index (χ0n) is 12.9. The molecular formula is C16H20N4O2. The third kappa shape index (κ3) is 2.77. The summed E-state index contributed by atoms with van der Waals surface area (Å²) in [6.45, 7) is 4.93.